The van der Waals surface area contributed by atoms with Crippen LogP contribution in [0.25, 0.3) is 0 Å². The van der Waals surface area contributed by atoms with E-state index in [4.69, 9.17) is 5.73 Å². The Morgan fingerprint density at radius 3 is 1.96 bits per heavy atom. The second-order valence-electron chi connectivity index (χ2n) is 8.17. The Bertz CT molecular complexity index is 930. The summed E-state index contributed by atoms with van der Waals surface area (Å²) in [4.78, 5) is 3.45. The van der Waals surface area contributed by atoms with Crippen LogP contribution in [0, 0.1) is 20.8 Å². The fourth-order valence-corrected chi connectivity index (χ4v) is 4.70. The lowest BCUT2D eigenvalue weighted by Crippen LogP contribution is -2.38. The number of hydrogen-bond acceptors (Lipinski definition) is 3. The van der Waals surface area contributed by atoms with Crippen LogP contribution >= 0.6 is 0 Å². The van der Waals surface area contributed by atoms with Crippen LogP contribution in [0.1, 0.15) is 58.4 Å². The molecule has 1 aliphatic rings. The first kappa shape index (κ1) is 17.9. The number of nitrogens with one attached hydrogen (secondary N) is 1. The molecule has 0 bridgehead atoms. The number of nitrogens with two attached hydrogens (primary N) is 1. The Morgan fingerprint density at radius 2 is 1.52 bits per heavy atom. The first-order valence-electron chi connectivity index (χ1n) is 9.75. The summed E-state index contributed by atoms with van der Waals surface area (Å²) >= 11 is 0. The Kier molecular flexibility index (Phi) is 4.39. The maximum absolute atomic E-state index is 6.42. The minimum Gasteiger partial charge on any atom is -0.328 e. The van der Waals surface area contributed by atoms with Crippen LogP contribution in [0.4, 0.5) is 0 Å². The first-order chi connectivity index (χ1) is 12.9. The molecule has 0 amide bonds. The summed E-state index contributed by atoms with van der Waals surface area (Å²) in [5.74, 6) is 1.73. The molecule has 1 aromatic heterocycles. The van der Waals surface area contributed by atoms with Crippen LogP contribution in [0.3, 0.4) is 0 Å². The number of aryl methyl sites for hydroxylation is 5. The van der Waals surface area contributed by atoms with Crippen LogP contribution in [0.5, 0.6) is 0 Å². The van der Waals surface area contributed by atoms with Crippen molar-refractivity contribution in [2.45, 2.75) is 58.4 Å². The van der Waals surface area contributed by atoms with Gasteiger partial charge in [-0.2, -0.15) is 0 Å². The van der Waals surface area contributed by atoms with Crippen molar-refractivity contribution in [2.75, 3.05) is 0 Å². The van der Waals surface area contributed by atoms with Crippen molar-refractivity contribution in [3.63, 3.8) is 0 Å². The highest BCUT2D eigenvalue weighted by atomic mass is 15.2. The number of aromatic nitrogens is 3. The molecule has 0 radical (unpaired) electrons. The van der Waals surface area contributed by atoms with Gasteiger partial charge < -0.3 is 10.7 Å². The first-order valence-corrected chi connectivity index (χ1v) is 9.75. The SMILES string of the molecule is Cc1ccc2c(c1)CCc1cc(C)ccc1C2(C[C@@H](C)N)c1nnc(C)[nH]1. The molecule has 1 atom stereocenters. The van der Waals surface area contributed by atoms with E-state index in [1.807, 2.05) is 6.92 Å². The monoisotopic (exact) mass is 360 g/mol. The number of H-pyrrole nitrogens is 1. The predicted octanol–water partition coefficient (Wildman–Crippen LogP) is 3.90. The number of hydrogen-bond donors (Lipinski definition) is 2. The lowest BCUT2D eigenvalue weighted by molar-refractivity contribution is 0.476. The summed E-state index contributed by atoms with van der Waals surface area (Å²) in [5, 5.41) is 8.90. The Balaban J connectivity index is 2.11. The van der Waals surface area contributed by atoms with Gasteiger partial charge in [0.1, 0.15) is 11.6 Å². The van der Waals surface area contributed by atoms with E-state index in [1.165, 1.54) is 33.4 Å². The summed E-state index contributed by atoms with van der Waals surface area (Å²) in [6, 6.07) is 13.6. The third-order valence-electron chi connectivity index (χ3n) is 5.74. The third-order valence-corrected chi connectivity index (χ3v) is 5.74. The zero-order valence-corrected chi connectivity index (χ0v) is 16.6. The number of aromatic amines is 1. The average molecular weight is 361 g/mol. The normalized spacial score (nSPS) is 16.3. The molecule has 0 fully saturated rings. The molecule has 0 spiro atoms. The lowest BCUT2D eigenvalue weighted by Gasteiger charge is -2.36. The van der Waals surface area contributed by atoms with Crippen LogP contribution in [-0.4, -0.2) is 21.2 Å². The van der Waals surface area contributed by atoms with Crippen molar-refractivity contribution in [3.8, 4) is 0 Å². The standard InChI is InChI=1S/C23H28N4/c1-14-5-9-20-18(11-14)7-8-19-12-15(2)6-10-21(19)23(20,13-16(3)24)22-25-17(4)26-27-22/h5-6,9-12,16H,7-8,13,24H2,1-4H3,(H,25,26,27)/t16-/m1/s1. The largest absolute Gasteiger partial charge is 0.328 e. The minimum absolute atomic E-state index is 0.0248. The van der Waals surface area contributed by atoms with Gasteiger partial charge in [-0.3, -0.25) is 0 Å². The van der Waals surface area contributed by atoms with Crippen molar-refractivity contribution in [1.82, 2.24) is 15.2 Å². The van der Waals surface area contributed by atoms with Crippen molar-refractivity contribution in [2.24, 2.45) is 5.73 Å². The summed E-state index contributed by atoms with van der Waals surface area (Å²) < 4.78 is 0. The van der Waals surface area contributed by atoms with E-state index in [9.17, 15) is 0 Å². The van der Waals surface area contributed by atoms with Gasteiger partial charge in [0.15, 0.2) is 0 Å². The van der Waals surface area contributed by atoms with Crippen LogP contribution < -0.4 is 5.73 Å². The van der Waals surface area contributed by atoms with Gasteiger partial charge in [0, 0.05) is 6.04 Å². The Labute approximate surface area is 161 Å². The number of nitrogens with zero attached hydrogens (tertiary/aromatic N) is 2. The number of benzene rings is 2. The fraction of sp³-hybridized carbons (Fsp3) is 0.391. The van der Waals surface area contributed by atoms with Gasteiger partial charge in [-0.15, -0.1) is 10.2 Å². The van der Waals surface area contributed by atoms with E-state index in [-0.39, 0.29) is 6.04 Å². The van der Waals surface area contributed by atoms with Crippen molar-refractivity contribution < 1.29 is 0 Å². The highest BCUT2D eigenvalue weighted by molar-refractivity contribution is 5.56. The predicted molar refractivity (Wildman–Crippen MR) is 109 cm³/mol. The van der Waals surface area contributed by atoms with Gasteiger partial charge in [0.25, 0.3) is 0 Å². The van der Waals surface area contributed by atoms with Gasteiger partial charge in [-0.05, 0) is 69.2 Å². The molecule has 4 rings (SSSR count). The third kappa shape index (κ3) is 2.98. The van der Waals surface area contributed by atoms with Gasteiger partial charge in [0.2, 0.25) is 0 Å². The smallest absolute Gasteiger partial charge is 0.145 e. The topological polar surface area (TPSA) is 67.6 Å². The maximum Gasteiger partial charge on any atom is 0.145 e. The van der Waals surface area contributed by atoms with Crippen molar-refractivity contribution in [3.05, 3.63) is 81.4 Å². The molecule has 4 nitrogen and oxygen atoms in total. The lowest BCUT2D eigenvalue weighted by atomic mass is 9.68. The van der Waals surface area contributed by atoms with Gasteiger partial charge >= 0.3 is 0 Å². The highest BCUT2D eigenvalue weighted by Crippen LogP contribution is 2.46. The second kappa shape index (κ2) is 6.61. The number of fused-ring (bicyclic) bond motifs is 2. The van der Waals surface area contributed by atoms with Crippen molar-refractivity contribution in [1.29, 1.82) is 0 Å². The molecule has 0 aliphatic heterocycles. The Morgan fingerprint density at radius 1 is 0.963 bits per heavy atom. The molecular weight excluding hydrogens is 332 g/mol. The average Bonchev–Trinajstić information content (AvgIpc) is 3.00. The molecule has 1 aliphatic carbocycles. The number of rotatable bonds is 3. The second-order valence-corrected chi connectivity index (χ2v) is 8.17. The molecule has 27 heavy (non-hydrogen) atoms. The van der Waals surface area contributed by atoms with E-state index in [2.05, 4.69) is 72.4 Å². The molecule has 140 valence electrons. The van der Waals surface area contributed by atoms with E-state index < -0.39 is 5.41 Å². The molecular formula is C23H28N4. The fourth-order valence-electron chi connectivity index (χ4n) is 4.70. The summed E-state index contributed by atoms with van der Waals surface area (Å²) in [7, 11) is 0. The van der Waals surface area contributed by atoms with Gasteiger partial charge in [-0.25, -0.2) is 0 Å². The van der Waals surface area contributed by atoms with E-state index in [0.29, 0.717) is 0 Å². The molecule has 2 aromatic carbocycles. The minimum atomic E-state index is -0.405. The van der Waals surface area contributed by atoms with Crippen LogP contribution in [0.2, 0.25) is 0 Å². The zero-order valence-electron chi connectivity index (χ0n) is 16.6. The molecule has 0 unspecified atom stereocenters. The molecule has 3 aromatic rings. The highest BCUT2D eigenvalue weighted by Gasteiger charge is 2.44. The van der Waals surface area contributed by atoms with E-state index in [1.54, 1.807) is 0 Å². The summed E-state index contributed by atoms with van der Waals surface area (Å²) in [6.45, 7) is 8.36. The zero-order chi connectivity index (χ0) is 19.2. The maximum atomic E-state index is 6.42. The van der Waals surface area contributed by atoms with Crippen LogP contribution in [0.15, 0.2) is 36.4 Å². The van der Waals surface area contributed by atoms with Gasteiger partial charge in [-0.1, -0.05) is 47.5 Å². The molecule has 1 heterocycles. The molecule has 0 saturated heterocycles. The molecule has 4 heteroatoms. The summed E-state index contributed by atoms with van der Waals surface area (Å²) in [6.07, 6.45) is 2.84. The molecule has 3 N–H and O–H groups in total. The van der Waals surface area contributed by atoms with Crippen molar-refractivity contribution >= 4 is 0 Å². The quantitative estimate of drug-likeness (QED) is 0.744. The van der Waals surface area contributed by atoms with E-state index >= 15 is 0 Å². The van der Waals surface area contributed by atoms with Crippen LogP contribution in [-0.2, 0) is 18.3 Å². The summed E-state index contributed by atoms with van der Waals surface area (Å²) in [5.41, 5.74) is 14.0. The van der Waals surface area contributed by atoms with E-state index in [0.717, 1.165) is 30.9 Å². The molecule has 0 saturated carbocycles. The van der Waals surface area contributed by atoms with Gasteiger partial charge in [0.05, 0.1) is 5.41 Å². The Hall–Kier alpha value is -2.46.